The van der Waals surface area contributed by atoms with E-state index in [2.05, 4.69) is 39.0 Å². The van der Waals surface area contributed by atoms with Gasteiger partial charge in [0.15, 0.2) is 0 Å². The van der Waals surface area contributed by atoms with Crippen molar-refractivity contribution in [2.45, 2.75) is 36.0 Å². The van der Waals surface area contributed by atoms with Crippen LogP contribution >= 0.6 is 11.8 Å². The van der Waals surface area contributed by atoms with Gasteiger partial charge in [0.2, 0.25) is 0 Å². The Morgan fingerprint density at radius 3 is 2.16 bits per heavy atom. The van der Waals surface area contributed by atoms with Gasteiger partial charge in [0.1, 0.15) is 17.1 Å². The summed E-state index contributed by atoms with van der Waals surface area (Å²) in [5, 5.41) is 13.7. The normalized spacial score (nSPS) is 12.1. The van der Waals surface area contributed by atoms with Gasteiger partial charge in [-0.05, 0) is 18.2 Å². The molecule has 1 aromatic heterocycles. The largest absolute Gasteiger partial charge is 0.506 e. The second-order valence-electron chi connectivity index (χ2n) is 7.24. The number of furan rings is 1. The second-order valence-corrected chi connectivity index (χ2v) is 8.33. The van der Waals surface area contributed by atoms with Crippen LogP contribution in [0.3, 0.4) is 0 Å². The maximum atomic E-state index is 11.0. The van der Waals surface area contributed by atoms with Crippen molar-refractivity contribution in [2.75, 3.05) is 0 Å². The van der Waals surface area contributed by atoms with Crippen LogP contribution in [0, 0.1) is 0 Å². The Kier molecular flexibility index (Phi) is 3.77. The van der Waals surface area contributed by atoms with E-state index in [1.165, 1.54) is 0 Å². The number of fused-ring (bicyclic) bond motifs is 3. The van der Waals surface area contributed by atoms with Gasteiger partial charge in [-0.3, -0.25) is 0 Å². The minimum absolute atomic E-state index is 0.0928. The van der Waals surface area contributed by atoms with Gasteiger partial charge in [-0.15, -0.1) is 0 Å². The molecule has 3 heteroatoms. The first-order valence-corrected chi connectivity index (χ1v) is 9.17. The minimum Gasteiger partial charge on any atom is -0.506 e. The zero-order valence-electron chi connectivity index (χ0n) is 14.5. The van der Waals surface area contributed by atoms with Gasteiger partial charge < -0.3 is 9.52 Å². The summed E-state index contributed by atoms with van der Waals surface area (Å²) < 4.78 is 6.25. The molecule has 4 aromatic rings. The van der Waals surface area contributed by atoms with Crippen molar-refractivity contribution in [3.05, 3.63) is 66.4 Å². The lowest BCUT2D eigenvalue weighted by Gasteiger charge is -2.13. The lowest BCUT2D eigenvalue weighted by atomic mass is 9.93. The predicted octanol–water partition coefficient (Wildman–Crippen LogP) is 6.74. The van der Waals surface area contributed by atoms with Crippen molar-refractivity contribution in [2.24, 2.45) is 0 Å². The van der Waals surface area contributed by atoms with Gasteiger partial charge in [-0.1, -0.05) is 75.0 Å². The molecule has 0 aliphatic rings. The van der Waals surface area contributed by atoms with Crippen LogP contribution in [0.25, 0.3) is 21.7 Å². The first-order chi connectivity index (χ1) is 11.9. The van der Waals surface area contributed by atoms with E-state index in [1.54, 1.807) is 11.8 Å². The van der Waals surface area contributed by atoms with E-state index in [-0.39, 0.29) is 5.41 Å². The molecule has 0 atom stereocenters. The summed E-state index contributed by atoms with van der Waals surface area (Å²) >= 11 is 1.57. The first-order valence-electron chi connectivity index (χ1n) is 8.36. The Morgan fingerprint density at radius 1 is 0.840 bits per heavy atom. The van der Waals surface area contributed by atoms with Gasteiger partial charge in [0.05, 0.1) is 4.90 Å². The molecule has 1 N–H and O–H groups in total. The average molecular weight is 348 g/mol. The van der Waals surface area contributed by atoms with Crippen molar-refractivity contribution in [1.29, 1.82) is 0 Å². The van der Waals surface area contributed by atoms with Crippen LogP contribution < -0.4 is 0 Å². The summed E-state index contributed by atoms with van der Waals surface area (Å²) in [6.07, 6.45) is 0. The van der Waals surface area contributed by atoms with E-state index in [0.717, 1.165) is 37.3 Å². The van der Waals surface area contributed by atoms with Crippen molar-refractivity contribution in [3.8, 4) is 5.75 Å². The van der Waals surface area contributed by atoms with Crippen LogP contribution in [0.15, 0.2) is 74.9 Å². The van der Waals surface area contributed by atoms with Gasteiger partial charge in [0, 0.05) is 26.5 Å². The smallest absolute Gasteiger partial charge is 0.143 e. The predicted molar refractivity (Wildman–Crippen MR) is 105 cm³/mol. The molecule has 0 radical (unpaired) electrons. The fourth-order valence-electron chi connectivity index (χ4n) is 2.98. The lowest BCUT2D eigenvalue weighted by molar-refractivity contribution is 0.431. The van der Waals surface area contributed by atoms with Gasteiger partial charge >= 0.3 is 0 Å². The number of benzene rings is 3. The number of aromatic hydroxyl groups is 1. The summed E-state index contributed by atoms with van der Waals surface area (Å²) in [5.41, 5.74) is 0.751. The zero-order chi connectivity index (χ0) is 17.6. The summed E-state index contributed by atoms with van der Waals surface area (Å²) in [6.45, 7) is 6.41. The van der Waals surface area contributed by atoms with Crippen LogP contribution in [0.2, 0.25) is 0 Å². The number of rotatable bonds is 2. The number of hydrogen-bond donors (Lipinski definition) is 1. The number of phenols is 1. The third kappa shape index (κ3) is 2.79. The molecule has 126 valence electrons. The highest BCUT2D eigenvalue weighted by atomic mass is 32.2. The average Bonchev–Trinajstić information content (AvgIpc) is 3.05. The molecule has 0 spiro atoms. The third-order valence-corrected chi connectivity index (χ3v) is 5.45. The van der Waals surface area contributed by atoms with E-state index in [4.69, 9.17) is 4.42 Å². The molecule has 0 unspecified atom stereocenters. The van der Waals surface area contributed by atoms with E-state index >= 15 is 0 Å². The van der Waals surface area contributed by atoms with Crippen LogP contribution in [-0.4, -0.2) is 5.11 Å². The molecule has 1 heterocycles. The van der Waals surface area contributed by atoms with E-state index in [0.29, 0.717) is 5.75 Å². The van der Waals surface area contributed by atoms with Crippen molar-refractivity contribution in [1.82, 2.24) is 0 Å². The van der Waals surface area contributed by atoms with Crippen molar-refractivity contribution < 1.29 is 9.52 Å². The molecule has 25 heavy (non-hydrogen) atoms. The summed E-state index contributed by atoms with van der Waals surface area (Å²) in [7, 11) is 0. The standard InChI is InChI=1S/C22H20O2S/c1-22(2,3)18-13-17-20(24-18)16-12-8-7-11-15(16)19(23)21(17)25-14-9-5-4-6-10-14/h4-13,23H,1-3H3. The highest BCUT2D eigenvalue weighted by Gasteiger charge is 2.23. The molecule has 4 rings (SSSR count). The van der Waals surface area contributed by atoms with Gasteiger partial charge in [-0.25, -0.2) is 0 Å². The Labute approximate surface area is 151 Å². The van der Waals surface area contributed by atoms with E-state index in [1.807, 2.05) is 42.5 Å². The number of hydrogen-bond acceptors (Lipinski definition) is 3. The maximum Gasteiger partial charge on any atom is 0.143 e. The fourth-order valence-corrected chi connectivity index (χ4v) is 3.97. The van der Waals surface area contributed by atoms with Crippen molar-refractivity contribution >= 4 is 33.5 Å². The highest BCUT2D eigenvalue weighted by molar-refractivity contribution is 7.99. The van der Waals surface area contributed by atoms with Gasteiger partial charge in [-0.2, -0.15) is 0 Å². The molecule has 0 fully saturated rings. The second kappa shape index (κ2) is 5.85. The molecule has 0 amide bonds. The molecule has 2 nitrogen and oxygen atoms in total. The van der Waals surface area contributed by atoms with Gasteiger partial charge in [0.25, 0.3) is 0 Å². The summed E-state index contributed by atoms with van der Waals surface area (Å²) in [4.78, 5) is 1.94. The molecule has 0 aliphatic heterocycles. The van der Waals surface area contributed by atoms with Crippen LogP contribution in [0.1, 0.15) is 26.5 Å². The molecule has 0 aliphatic carbocycles. The monoisotopic (exact) mass is 348 g/mol. The topological polar surface area (TPSA) is 33.4 Å². The third-order valence-electron chi connectivity index (χ3n) is 4.32. The van der Waals surface area contributed by atoms with E-state index < -0.39 is 0 Å². The fraction of sp³-hybridized carbons (Fsp3) is 0.182. The molecule has 0 saturated heterocycles. The summed E-state index contributed by atoms with van der Waals surface area (Å²) in [5.74, 6) is 1.24. The van der Waals surface area contributed by atoms with Crippen LogP contribution in [0.4, 0.5) is 0 Å². The zero-order valence-corrected chi connectivity index (χ0v) is 15.4. The minimum atomic E-state index is -0.0928. The maximum absolute atomic E-state index is 11.0. The summed E-state index contributed by atoms with van der Waals surface area (Å²) in [6, 6.07) is 20.1. The van der Waals surface area contributed by atoms with E-state index in [9.17, 15) is 5.11 Å². The number of phenolic OH excluding ortho intramolecular Hbond substituents is 1. The Morgan fingerprint density at radius 2 is 1.48 bits per heavy atom. The molecular weight excluding hydrogens is 328 g/mol. The molecule has 3 aromatic carbocycles. The molecular formula is C22H20O2S. The molecule has 0 saturated carbocycles. The Bertz CT molecular complexity index is 1060. The highest BCUT2D eigenvalue weighted by Crippen LogP contribution is 2.47. The van der Waals surface area contributed by atoms with Crippen LogP contribution in [-0.2, 0) is 5.41 Å². The Hall–Kier alpha value is -2.39. The lowest BCUT2D eigenvalue weighted by Crippen LogP contribution is -2.08. The Balaban J connectivity index is 2.05. The van der Waals surface area contributed by atoms with Crippen LogP contribution in [0.5, 0.6) is 5.75 Å². The first kappa shape index (κ1) is 16.1. The quantitative estimate of drug-likeness (QED) is 0.435. The SMILES string of the molecule is CC(C)(C)c1cc2c(Sc3ccccc3)c(O)c3ccccc3c2o1. The van der Waals surface area contributed by atoms with Crippen molar-refractivity contribution in [3.63, 3.8) is 0 Å². The molecule has 0 bridgehead atoms.